The Hall–Kier alpha value is -4.25. The van der Waals surface area contributed by atoms with E-state index in [-0.39, 0.29) is 5.91 Å². The minimum absolute atomic E-state index is 0.226. The van der Waals surface area contributed by atoms with Crippen LogP contribution >= 0.6 is 0 Å². The van der Waals surface area contributed by atoms with Gasteiger partial charge in [-0.15, -0.1) is 0 Å². The van der Waals surface area contributed by atoms with Gasteiger partial charge in [-0.3, -0.25) is 4.79 Å². The number of benzene rings is 4. The predicted octanol–water partition coefficient (Wildman–Crippen LogP) is 6.41. The summed E-state index contributed by atoms with van der Waals surface area (Å²) < 4.78 is 17.4. The first-order valence-electron chi connectivity index (χ1n) is 11.8. The summed E-state index contributed by atoms with van der Waals surface area (Å²) >= 11 is 0. The molecule has 0 saturated heterocycles. The highest BCUT2D eigenvalue weighted by atomic mass is 16.5. The van der Waals surface area contributed by atoms with Gasteiger partial charge in [-0.1, -0.05) is 66.7 Å². The third-order valence-corrected chi connectivity index (χ3v) is 5.31. The van der Waals surface area contributed by atoms with Crippen LogP contribution in [0, 0.1) is 0 Å². The number of nitrogens with one attached hydrogen (secondary N) is 1. The lowest BCUT2D eigenvalue weighted by molar-refractivity contribution is 0.102. The zero-order chi connectivity index (χ0) is 24.1. The molecule has 35 heavy (non-hydrogen) atoms. The molecule has 1 N–H and O–H groups in total. The van der Waals surface area contributed by atoms with Gasteiger partial charge in [0.05, 0.1) is 12.3 Å². The molecule has 0 spiro atoms. The molecule has 5 nitrogen and oxygen atoms in total. The first kappa shape index (κ1) is 23.9. The van der Waals surface area contributed by atoms with Crippen LogP contribution in [0.5, 0.6) is 17.2 Å². The normalized spacial score (nSPS) is 10.4. The molecule has 4 aromatic carbocycles. The van der Waals surface area contributed by atoms with Crippen molar-refractivity contribution in [3.63, 3.8) is 0 Å². The van der Waals surface area contributed by atoms with Crippen molar-refractivity contribution in [1.29, 1.82) is 0 Å². The van der Waals surface area contributed by atoms with Crippen LogP contribution < -0.4 is 19.5 Å². The maximum atomic E-state index is 12.9. The molecule has 0 atom stereocenters. The van der Waals surface area contributed by atoms with Gasteiger partial charge < -0.3 is 19.5 Å². The van der Waals surface area contributed by atoms with E-state index in [0.29, 0.717) is 42.6 Å². The highest BCUT2D eigenvalue weighted by Crippen LogP contribution is 2.25. The van der Waals surface area contributed by atoms with E-state index in [2.05, 4.69) is 17.4 Å². The third-order valence-electron chi connectivity index (χ3n) is 5.31. The summed E-state index contributed by atoms with van der Waals surface area (Å²) in [5.41, 5.74) is 2.43. The fraction of sp³-hybridized carbons (Fsp3) is 0.167. The largest absolute Gasteiger partial charge is 0.491 e. The van der Waals surface area contributed by atoms with Crippen LogP contribution in [0.2, 0.25) is 0 Å². The smallest absolute Gasteiger partial charge is 0.255 e. The van der Waals surface area contributed by atoms with E-state index in [1.54, 1.807) is 18.2 Å². The minimum Gasteiger partial charge on any atom is -0.491 e. The number of hydrogen-bond donors (Lipinski definition) is 1. The number of carbonyl (C=O) groups excluding carboxylic acids is 1. The Morgan fingerprint density at radius 1 is 0.629 bits per heavy atom. The number of carbonyl (C=O) groups is 1. The van der Waals surface area contributed by atoms with Crippen molar-refractivity contribution in [2.45, 2.75) is 12.8 Å². The average molecular weight is 468 g/mol. The second-order valence-corrected chi connectivity index (χ2v) is 7.93. The SMILES string of the molecule is O=C(Nc1ccccc1OCCCc1ccccc1)c1cccc(OCCOc2ccccc2)c1. The average Bonchev–Trinajstić information content (AvgIpc) is 2.91. The van der Waals surface area contributed by atoms with Gasteiger partial charge in [-0.2, -0.15) is 0 Å². The Morgan fingerprint density at radius 3 is 2.09 bits per heavy atom. The van der Waals surface area contributed by atoms with Crippen LogP contribution in [0.4, 0.5) is 5.69 Å². The highest BCUT2D eigenvalue weighted by molar-refractivity contribution is 6.05. The van der Waals surface area contributed by atoms with Gasteiger partial charge in [0.15, 0.2) is 0 Å². The molecule has 0 unspecified atom stereocenters. The Balaban J connectivity index is 1.27. The van der Waals surface area contributed by atoms with E-state index in [1.165, 1.54) is 5.56 Å². The van der Waals surface area contributed by atoms with Gasteiger partial charge in [0.25, 0.3) is 5.91 Å². The van der Waals surface area contributed by atoms with Crippen LogP contribution in [0.3, 0.4) is 0 Å². The quantitative estimate of drug-likeness (QED) is 0.245. The molecule has 0 aliphatic rings. The standard InChI is InChI=1S/C30H29NO4/c32-30(25-14-9-17-27(23-25)34-22-21-33-26-15-5-2-6-16-26)31-28-18-7-8-19-29(28)35-20-10-13-24-11-3-1-4-12-24/h1-9,11-12,14-19,23H,10,13,20-22H2,(H,31,32). The molecule has 0 heterocycles. The number of rotatable bonds is 12. The summed E-state index contributed by atoms with van der Waals surface area (Å²) in [6.07, 6.45) is 1.83. The Bertz CT molecular complexity index is 1200. The molecule has 5 heteroatoms. The zero-order valence-corrected chi connectivity index (χ0v) is 19.6. The summed E-state index contributed by atoms with van der Waals surface area (Å²) in [5.74, 6) is 1.83. The fourth-order valence-corrected chi connectivity index (χ4v) is 3.56. The van der Waals surface area contributed by atoms with Crippen molar-refractivity contribution in [3.05, 3.63) is 120 Å². The molecular formula is C30H29NO4. The molecule has 4 aromatic rings. The zero-order valence-electron chi connectivity index (χ0n) is 19.6. The molecule has 1 amide bonds. The fourth-order valence-electron chi connectivity index (χ4n) is 3.56. The van der Waals surface area contributed by atoms with Crippen LogP contribution in [0.15, 0.2) is 109 Å². The first-order chi connectivity index (χ1) is 17.3. The molecule has 0 saturated carbocycles. The van der Waals surface area contributed by atoms with Gasteiger partial charge in [0.2, 0.25) is 0 Å². The van der Waals surface area contributed by atoms with Gasteiger partial charge >= 0.3 is 0 Å². The van der Waals surface area contributed by atoms with Crippen molar-refractivity contribution >= 4 is 11.6 Å². The maximum absolute atomic E-state index is 12.9. The second-order valence-electron chi connectivity index (χ2n) is 7.93. The lowest BCUT2D eigenvalue weighted by Crippen LogP contribution is -2.14. The van der Waals surface area contributed by atoms with E-state index < -0.39 is 0 Å². The van der Waals surface area contributed by atoms with Gasteiger partial charge in [-0.05, 0) is 60.9 Å². The molecule has 0 aromatic heterocycles. The summed E-state index contributed by atoms with van der Waals surface area (Å²) in [5, 5.41) is 2.96. The topological polar surface area (TPSA) is 56.8 Å². The van der Waals surface area contributed by atoms with Gasteiger partial charge in [0, 0.05) is 5.56 Å². The van der Waals surface area contributed by atoms with E-state index >= 15 is 0 Å². The first-order valence-corrected chi connectivity index (χ1v) is 11.8. The van der Waals surface area contributed by atoms with Crippen molar-refractivity contribution in [3.8, 4) is 17.2 Å². The van der Waals surface area contributed by atoms with E-state index in [0.717, 1.165) is 18.6 Å². The lowest BCUT2D eigenvalue weighted by Gasteiger charge is -2.13. The summed E-state index contributed by atoms with van der Waals surface area (Å²) in [7, 11) is 0. The van der Waals surface area contributed by atoms with Crippen LogP contribution in [-0.2, 0) is 6.42 Å². The third kappa shape index (κ3) is 7.64. The number of ether oxygens (including phenoxy) is 3. The number of amides is 1. The lowest BCUT2D eigenvalue weighted by atomic mass is 10.1. The number of hydrogen-bond acceptors (Lipinski definition) is 4. The maximum Gasteiger partial charge on any atom is 0.255 e. The van der Waals surface area contributed by atoms with Gasteiger partial charge in [-0.25, -0.2) is 0 Å². The highest BCUT2D eigenvalue weighted by Gasteiger charge is 2.11. The monoisotopic (exact) mass is 467 g/mol. The summed E-state index contributed by atoms with van der Waals surface area (Å²) in [4.78, 5) is 12.9. The van der Waals surface area contributed by atoms with Crippen molar-refractivity contribution in [2.75, 3.05) is 25.1 Å². The number of para-hydroxylation sites is 3. The number of aryl methyl sites for hydroxylation is 1. The van der Waals surface area contributed by atoms with Crippen LogP contribution in [-0.4, -0.2) is 25.7 Å². The van der Waals surface area contributed by atoms with Crippen molar-refractivity contribution in [1.82, 2.24) is 0 Å². The van der Waals surface area contributed by atoms with E-state index in [1.807, 2.05) is 78.9 Å². The number of anilines is 1. The van der Waals surface area contributed by atoms with Crippen molar-refractivity contribution < 1.29 is 19.0 Å². The molecule has 0 fully saturated rings. The molecular weight excluding hydrogens is 438 g/mol. The predicted molar refractivity (Wildman–Crippen MR) is 139 cm³/mol. The molecule has 0 aliphatic heterocycles. The van der Waals surface area contributed by atoms with E-state index in [9.17, 15) is 4.79 Å². The van der Waals surface area contributed by atoms with E-state index in [4.69, 9.17) is 14.2 Å². The molecule has 0 bridgehead atoms. The summed E-state index contributed by atoms with van der Waals surface area (Å²) in [6, 6.07) is 34.5. The Labute approximate surface area is 206 Å². The molecule has 4 rings (SSSR count). The Morgan fingerprint density at radius 2 is 1.29 bits per heavy atom. The molecule has 178 valence electrons. The summed E-state index contributed by atoms with van der Waals surface area (Å²) in [6.45, 7) is 1.35. The van der Waals surface area contributed by atoms with Gasteiger partial charge in [0.1, 0.15) is 30.5 Å². The molecule has 0 aliphatic carbocycles. The minimum atomic E-state index is -0.226. The molecule has 0 radical (unpaired) electrons. The van der Waals surface area contributed by atoms with Crippen molar-refractivity contribution in [2.24, 2.45) is 0 Å². The van der Waals surface area contributed by atoms with Crippen LogP contribution in [0.1, 0.15) is 22.3 Å². The van der Waals surface area contributed by atoms with Crippen LogP contribution in [0.25, 0.3) is 0 Å². The Kier molecular flexibility index (Phi) is 8.77. The second kappa shape index (κ2) is 12.8.